The highest BCUT2D eigenvalue weighted by molar-refractivity contribution is 7.91. The summed E-state index contributed by atoms with van der Waals surface area (Å²) in [6.45, 7) is 2.55. The van der Waals surface area contributed by atoms with E-state index >= 15 is 0 Å². The highest BCUT2D eigenvalue weighted by atomic mass is 32.2. The predicted molar refractivity (Wildman–Crippen MR) is 108 cm³/mol. The lowest BCUT2D eigenvalue weighted by molar-refractivity contribution is -0.120. The molecular weight excluding hydrogens is 360 g/mol. The summed E-state index contributed by atoms with van der Waals surface area (Å²) >= 11 is 0. The quantitative estimate of drug-likeness (QED) is 0.717. The van der Waals surface area contributed by atoms with E-state index < -0.39 is 9.84 Å². The van der Waals surface area contributed by atoms with Crippen LogP contribution >= 0.6 is 0 Å². The summed E-state index contributed by atoms with van der Waals surface area (Å²) < 4.78 is 24.6. The Labute approximate surface area is 162 Å². The zero-order valence-electron chi connectivity index (χ0n) is 16.2. The zero-order chi connectivity index (χ0) is 19.9. The molecule has 1 atom stereocenters. The third kappa shape index (κ3) is 6.19. The van der Waals surface area contributed by atoms with Crippen molar-refractivity contribution in [2.24, 2.45) is 0 Å². The molecule has 146 valence electrons. The molecular formula is C21H28N2O3S. The number of nitrogens with zero attached hydrogens (tertiary/aromatic N) is 1. The van der Waals surface area contributed by atoms with Crippen molar-refractivity contribution in [2.45, 2.75) is 30.7 Å². The minimum atomic E-state index is -3.44. The largest absolute Gasteiger partial charge is 0.354 e. The molecule has 2 rings (SSSR count). The average Bonchev–Trinajstić information content (AvgIpc) is 2.67. The van der Waals surface area contributed by atoms with E-state index in [1.165, 1.54) is 5.56 Å². The molecule has 0 spiro atoms. The molecule has 0 aromatic heterocycles. The van der Waals surface area contributed by atoms with Gasteiger partial charge in [-0.15, -0.1) is 0 Å². The number of benzene rings is 2. The van der Waals surface area contributed by atoms with Crippen molar-refractivity contribution >= 4 is 15.7 Å². The molecule has 27 heavy (non-hydrogen) atoms. The van der Waals surface area contributed by atoms with Crippen molar-refractivity contribution in [3.63, 3.8) is 0 Å². The third-order valence-corrected chi connectivity index (χ3v) is 6.32. The van der Waals surface area contributed by atoms with Gasteiger partial charge in [-0.3, -0.25) is 4.79 Å². The van der Waals surface area contributed by atoms with Crippen molar-refractivity contribution in [3.8, 4) is 0 Å². The SMILES string of the molecule is CCc1ccc(C(CNC(=O)CCS(=O)(=O)c2ccccc2)N(C)C)cc1. The molecule has 0 saturated heterocycles. The number of amides is 1. The fraction of sp³-hybridized carbons (Fsp3) is 0.381. The number of rotatable bonds is 9. The molecule has 1 amide bonds. The minimum absolute atomic E-state index is 0.0330. The molecule has 0 aliphatic rings. The van der Waals surface area contributed by atoms with E-state index in [1.54, 1.807) is 30.3 Å². The van der Waals surface area contributed by atoms with Crippen LogP contribution in [0.25, 0.3) is 0 Å². The van der Waals surface area contributed by atoms with E-state index in [9.17, 15) is 13.2 Å². The lowest BCUT2D eigenvalue weighted by atomic mass is 10.0. The van der Waals surface area contributed by atoms with E-state index in [-0.39, 0.29) is 29.0 Å². The highest BCUT2D eigenvalue weighted by Gasteiger charge is 2.18. The van der Waals surface area contributed by atoms with Crippen LogP contribution < -0.4 is 5.32 Å². The summed E-state index contributed by atoms with van der Waals surface area (Å²) in [4.78, 5) is 14.5. The molecule has 2 aromatic carbocycles. The van der Waals surface area contributed by atoms with Gasteiger partial charge in [0.15, 0.2) is 9.84 Å². The monoisotopic (exact) mass is 388 g/mol. The summed E-state index contributed by atoms with van der Waals surface area (Å²) in [6, 6.07) is 16.6. The third-order valence-electron chi connectivity index (χ3n) is 4.59. The molecule has 5 nitrogen and oxygen atoms in total. The van der Waals surface area contributed by atoms with Gasteiger partial charge < -0.3 is 10.2 Å². The Bertz CT molecular complexity index is 831. The molecule has 1 N–H and O–H groups in total. The molecule has 2 aromatic rings. The van der Waals surface area contributed by atoms with Crippen molar-refractivity contribution in [1.82, 2.24) is 10.2 Å². The lowest BCUT2D eigenvalue weighted by Crippen LogP contribution is -2.35. The summed E-state index contributed by atoms with van der Waals surface area (Å²) in [7, 11) is 0.484. The molecule has 0 aliphatic heterocycles. The second kappa shape index (κ2) is 9.67. The van der Waals surface area contributed by atoms with Crippen LogP contribution in [0.4, 0.5) is 0 Å². The number of likely N-dealkylation sites (N-methyl/N-ethyl adjacent to an activating group) is 1. The molecule has 0 fully saturated rings. The number of aryl methyl sites for hydroxylation is 1. The first kappa shape index (κ1) is 21.1. The van der Waals surface area contributed by atoms with E-state index in [4.69, 9.17) is 0 Å². The molecule has 0 radical (unpaired) electrons. The van der Waals surface area contributed by atoms with E-state index in [1.807, 2.05) is 19.0 Å². The standard InChI is InChI=1S/C21H28N2O3S/c1-4-17-10-12-18(13-11-17)20(23(2)3)16-22-21(24)14-15-27(25,26)19-8-6-5-7-9-19/h5-13,20H,4,14-16H2,1-3H3,(H,22,24). The topological polar surface area (TPSA) is 66.5 Å². The number of carbonyl (C=O) groups is 1. The smallest absolute Gasteiger partial charge is 0.221 e. The van der Waals surface area contributed by atoms with Gasteiger partial charge in [0.1, 0.15) is 0 Å². The van der Waals surface area contributed by atoms with Gasteiger partial charge in [0, 0.05) is 13.0 Å². The van der Waals surface area contributed by atoms with Crippen molar-refractivity contribution in [3.05, 3.63) is 65.7 Å². The fourth-order valence-electron chi connectivity index (χ4n) is 2.85. The van der Waals surface area contributed by atoms with Gasteiger partial charge >= 0.3 is 0 Å². The molecule has 1 unspecified atom stereocenters. The molecule has 0 aliphatic carbocycles. The van der Waals surface area contributed by atoms with Gasteiger partial charge in [-0.1, -0.05) is 49.4 Å². The van der Waals surface area contributed by atoms with Crippen LogP contribution in [0.5, 0.6) is 0 Å². The Morgan fingerprint density at radius 1 is 1.04 bits per heavy atom. The Hall–Kier alpha value is -2.18. The molecule has 0 heterocycles. The maximum absolute atomic E-state index is 12.3. The second-order valence-electron chi connectivity index (χ2n) is 6.76. The Morgan fingerprint density at radius 2 is 1.67 bits per heavy atom. The number of carbonyl (C=O) groups excluding carboxylic acids is 1. The summed E-state index contributed by atoms with van der Waals surface area (Å²) in [6.07, 6.45) is 0.936. The highest BCUT2D eigenvalue weighted by Crippen LogP contribution is 2.18. The van der Waals surface area contributed by atoms with Crippen molar-refractivity contribution in [2.75, 3.05) is 26.4 Å². The molecule has 6 heteroatoms. The summed E-state index contributed by atoms with van der Waals surface area (Å²) in [5.74, 6) is -0.452. The number of hydrogen-bond acceptors (Lipinski definition) is 4. The van der Waals surface area contributed by atoms with Gasteiger partial charge in [-0.2, -0.15) is 0 Å². The molecule has 0 bridgehead atoms. The van der Waals surface area contributed by atoms with Crippen LogP contribution in [-0.2, 0) is 21.1 Å². The minimum Gasteiger partial charge on any atom is -0.354 e. The van der Waals surface area contributed by atoms with Crippen LogP contribution in [0, 0.1) is 0 Å². The van der Waals surface area contributed by atoms with Gasteiger partial charge in [0.2, 0.25) is 5.91 Å². The average molecular weight is 389 g/mol. The van der Waals surface area contributed by atoms with Gasteiger partial charge in [-0.05, 0) is 43.8 Å². The fourth-order valence-corrected chi connectivity index (χ4v) is 4.11. The van der Waals surface area contributed by atoms with Crippen LogP contribution in [-0.4, -0.2) is 45.6 Å². The summed E-state index contributed by atoms with van der Waals surface area (Å²) in [5.41, 5.74) is 2.39. The number of nitrogens with one attached hydrogen (secondary N) is 1. The first-order valence-electron chi connectivity index (χ1n) is 9.13. The van der Waals surface area contributed by atoms with Gasteiger partial charge in [0.25, 0.3) is 0 Å². The number of hydrogen-bond donors (Lipinski definition) is 1. The predicted octanol–water partition coefficient (Wildman–Crippen LogP) is 2.83. The van der Waals surface area contributed by atoms with E-state index in [2.05, 4.69) is 36.5 Å². The summed E-state index contributed by atoms with van der Waals surface area (Å²) in [5, 5.41) is 2.87. The van der Waals surface area contributed by atoms with Crippen LogP contribution in [0.15, 0.2) is 59.5 Å². The Kier molecular flexibility index (Phi) is 7.56. The molecule has 0 saturated carbocycles. The van der Waals surface area contributed by atoms with Gasteiger partial charge in [-0.25, -0.2) is 8.42 Å². The van der Waals surface area contributed by atoms with Crippen LogP contribution in [0.1, 0.15) is 30.5 Å². The maximum atomic E-state index is 12.3. The first-order chi connectivity index (χ1) is 12.8. The van der Waals surface area contributed by atoms with Crippen LogP contribution in [0.3, 0.4) is 0 Å². The van der Waals surface area contributed by atoms with Crippen LogP contribution in [0.2, 0.25) is 0 Å². The lowest BCUT2D eigenvalue weighted by Gasteiger charge is -2.25. The van der Waals surface area contributed by atoms with E-state index in [0.717, 1.165) is 12.0 Å². The van der Waals surface area contributed by atoms with Crippen molar-refractivity contribution < 1.29 is 13.2 Å². The number of sulfone groups is 1. The van der Waals surface area contributed by atoms with Crippen molar-refractivity contribution in [1.29, 1.82) is 0 Å². The maximum Gasteiger partial charge on any atom is 0.221 e. The first-order valence-corrected chi connectivity index (χ1v) is 10.8. The van der Waals surface area contributed by atoms with E-state index in [0.29, 0.717) is 6.54 Å². The van der Waals surface area contributed by atoms with Gasteiger partial charge in [0.05, 0.1) is 16.7 Å². The normalized spacial score (nSPS) is 12.7. The Morgan fingerprint density at radius 3 is 2.22 bits per heavy atom. The zero-order valence-corrected chi connectivity index (χ0v) is 17.0. The second-order valence-corrected chi connectivity index (χ2v) is 8.87. The Balaban J connectivity index is 1.92.